The first-order chi connectivity index (χ1) is 9.94. The van der Waals surface area contributed by atoms with Gasteiger partial charge in [0.1, 0.15) is 4.21 Å². The molecule has 2 heterocycles. The molecule has 2 N–H and O–H groups in total. The fourth-order valence-corrected chi connectivity index (χ4v) is 5.88. The van der Waals surface area contributed by atoms with E-state index in [4.69, 9.17) is 5.73 Å². The van der Waals surface area contributed by atoms with Gasteiger partial charge in [-0.25, -0.2) is 8.42 Å². The lowest BCUT2D eigenvalue weighted by Gasteiger charge is -2.40. The van der Waals surface area contributed by atoms with Gasteiger partial charge in [0.05, 0.1) is 5.41 Å². The molecule has 2 aliphatic rings. The van der Waals surface area contributed by atoms with Crippen molar-refractivity contribution in [1.29, 1.82) is 0 Å². The van der Waals surface area contributed by atoms with Crippen molar-refractivity contribution >= 4 is 27.3 Å². The number of primary amides is 1. The number of carbonyl (C=O) groups is 1. The van der Waals surface area contributed by atoms with Crippen molar-refractivity contribution in [2.45, 2.75) is 36.3 Å². The van der Waals surface area contributed by atoms with Crippen LogP contribution in [-0.2, 0) is 14.8 Å². The van der Waals surface area contributed by atoms with Crippen LogP contribution < -0.4 is 5.73 Å². The summed E-state index contributed by atoms with van der Waals surface area (Å²) in [5.41, 5.74) is 4.97. The molecule has 2 fully saturated rings. The Bertz CT molecular complexity index is 623. The van der Waals surface area contributed by atoms with Gasteiger partial charge in [0, 0.05) is 13.1 Å². The van der Waals surface area contributed by atoms with Crippen LogP contribution in [0.2, 0.25) is 0 Å². The van der Waals surface area contributed by atoms with Crippen molar-refractivity contribution in [3.05, 3.63) is 17.5 Å². The Kier molecular flexibility index (Phi) is 3.83. The van der Waals surface area contributed by atoms with Crippen LogP contribution in [0.3, 0.4) is 0 Å². The highest BCUT2D eigenvalue weighted by Crippen LogP contribution is 2.45. The van der Waals surface area contributed by atoms with Gasteiger partial charge in [0.15, 0.2) is 0 Å². The summed E-state index contributed by atoms with van der Waals surface area (Å²) in [5.74, 6) is 0.197. The smallest absolute Gasteiger partial charge is 0.252 e. The molecule has 1 aromatic rings. The standard InChI is InChI=1S/C14H20N2O3S2/c15-13(17)14(9-11-4-5-11)6-2-7-16(10-14)21(18,19)12-3-1-8-20-12/h1,3,8,11H,2,4-7,9-10H2,(H2,15,17). The largest absolute Gasteiger partial charge is 0.369 e. The first-order valence-electron chi connectivity index (χ1n) is 7.28. The Hall–Kier alpha value is -0.920. The van der Waals surface area contributed by atoms with Gasteiger partial charge in [0.2, 0.25) is 5.91 Å². The summed E-state index contributed by atoms with van der Waals surface area (Å²) < 4.78 is 27.1. The minimum Gasteiger partial charge on any atom is -0.369 e. The Morgan fingerprint density at radius 2 is 2.24 bits per heavy atom. The van der Waals surface area contributed by atoms with Crippen LogP contribution in [0.15, 0.2) is 21.7 Å². The average Bonchev–Trinajstić information content (AvgIpc) is 3.07. The third-order valence-corrected chi connectivity index (χ3v) is 7.75. The molecule has 1 aliphatic carbocycles. The van der Waals surface area contributed by atoms with E-state index >= 15 is 0 Å². The molecule has 0 bridgehead atoms. The summed E-state index contributed by atoms with van der Waals surface area (Å²) in [7, 11) is -3.49. The fraction of sp³-hybridized carbons (Fsp3) is 0.643. The molecule has 1 saturated carbocycles. The molecule has 5 nitrogen and oxygen atoms in total. The van der Waals surface area contributed by atoms with E-state index < -0.39 is 15.4 Å². The van der Waals surface area contributed by atoms with Crippen molar-refractivity contribution < 1.29 is 13.2 Å². The van der Waals surface area contributed by atoms with E-state index in [1.807, 2.05) is 0 Å². The minimum absolute atomic E-state index is 0.235. The minimum atomic E-state index is -3.49. The SMILES string of the molecule is NC(=O)C1(CC2CC2)CCCN(S(=O)(=O)c2cccs2)C1. The molecular formula is C14H20N2O3S2. The summed E-state index contributed by atoms with van der Waals surface area (Å²) in [6, 6.07) is 3.34. The van der Waals surface area contributed by atoms with E-state index in [9.17, 15) is 13.2 Å². The molecule has 0 spiro atoms. The fourth-order valence-electron chi connectivity index (χ4n) is 3.18. The number of carbonyl (C=O) groups excluding carboxylic acids is 1. The first kappa shape index (κ1) is 15.0. The second-order valence-electron chi connectivity index (χ2n) is 6.17. The Morgan fingerprint density at radius 3 is 2.81 bits per heavy atom. The Labute approximate surface area is 129 Å². The molecule has 1 unspecified atom stereocenters. The summed E-state index contributed by atoms with van der Waals surface area (Å²) in [6.45, 7) is 0.707. The van der Waals surface area contributed by atoms with Crippen LogP contribution in [0.1, 0.15) is 32.1 Å². The predicted molar refractivity (Wildman–Crippen MR) is 81.3 cm³/mol. The second-order valence-corrected chi connectivity index (χ2v) is 9.28. The summed E-state index contributed by atoms with van der Waals surface area (Å²) in [5, 5.41) is 1.75. The van der Waals surface area contributed by atoms with E-state index in [0.717, 1.165) is 19.3 Å². The Balaban J connectivity index is 1.86. The molecule has 0 radical (unpaired) electrons. The van der Waals surface area contributed by atoms with Gasteiger partial charge >= 0.3 is 0 Å². The van der Waals surface area contributed by atoms with Gasteiger partial charge in [-0.3, -0.25) is 4.79 Å². The number of nitrogens with two attached hydrogens (primary N) is 1. The number of amides is 1. The maximum Gasteiger partial charge on any atom is 0.252 e. The average molecular weight is 328 g/mol. The molecule has 0 aromatic carbocycles. The molecule has 116 valence electrons. The van der Waals surface area contributed by atoms with Gasteiger partial charge in [0.25, 0.3) is 10.0 Å². The van der Waals surface area contributed by atoms with E-state index in [2.05, 4.69) is 0 Å². The van der Waals surface area contributed by atoms with Gasteiger partial charge in [-0.2, -0.15) is 4.31 Å². The van der Waals surface area contributed by atoms with Crippen molar-refractivity contribution in [3.63, 3.8) is 0 Å². The molecule has 3 rings (SSSR count). The Morgan fingerprint density at radius 1 is 1.48 bits per heavy atom. The zero-order chi connectivity index (χ0) is 15.1. The quantitative estimate of drug-likeness (QED) is 0.895. The van der Waals surface area contributed by atoms with Crippen LogP contribution in [0, 0.1) is 11.3 Å². The molecule has 1 amide bonds. The predicted octanol–water partition coefficient (Wildman–Crippen LogP) is 1.80. The normalized spacial score (nSPS) is 27.6. The third-order valence-electron chi connectivity index (χ3n) is 4.53. The van der Waals surface area contributed by atoms with Gasteiger partial charge in [-0.05, 0) is 36.6 Å². The number of thiophene rings is 1. The maximum absolute atomic E-state index is 12.6. The van der Waals surface area contributed by atoms with Crippen LogP contribution in [0.25, 0.3) is 0 Å². The van der Waals surface area contributed by atoms with Crippen molar-refractivity contribution in [2.75, 3.05) is 13.1 Å². The van der Waals surface area contributed by atoms with Crippen molar-refractivity contribution in [1.82, 2.24) is 4.31 Å². The topological polar surface area (TPSA) is 80.5 Å². The highest BCUT2D eigenvalue weighted by Gasteiger charge is 2.47. The van der Waals surface area contributed by atoms with E-state index in [-0.39, 0.29) is 12.5 Å². The molecule has 7 heteroatoms. The molecule has 21 heavy (non-hydrogen) atoms. The van der Waals surface area contributed by atoms with Gasteiger partial charge in [-0.1, -0.05) is 18.9 Å². The summed E-state index contributed by atoms with van der Waals surface area (Å²) in [6.07, 6.45) is 4.40. The highest BCUT2D eigenvalue weighted by atomic mass is 32.2. The molecule has 1 atom stereocenters. The molecular weight excluding hydrogens is 308 g/mol. The van der Waals surface area contributed by atoms with Crippen LogP contribution in [0.4, 0.5) is 0 Å². The lowest BCUT2D eigenvalue weighted by Crippen LogP contribution is -2.52. The number of hydrogen-bond donors (Lipinski definition) is 1. The number of rotatable bonds is 5. The van der Waals surface area contributed by atoms with E-state index in [1.165, 1.54) is 15.6 Å². The third kappa shape index (κ3) is 2.86. The maximum atomic E-state index is 12.6. The number of sulfonamides is 1. The number of nitrogens with zero attached hydrogens (tertiary/aromatic N) is 1. The second kappa shape index (κ2) is 5.37. The summed E-state index contributed by atoms with van der Waals surface area (Å²) in [4.78, 5) is 12.0. The van der Waals surface area contributed by atoms with Crippen molar-refractivity contribution in [3.8, 4) is 0 Å². The molecule has 1 aromatic heterocycles. The van der Waals surface area contributed by atoms with Crippen LogP contribution in [-0.4, -0.2) is 31.7 Å². The van der Waals surface area contributed by atoms with E-state index in [1.54, 1.807) is 17.5 Å². The summed E-state index contributed by atoms with van der Waals surface area (Å²) >= 11 is 1.21. The van der Waals surface area contributed by atoms with Gasteiger partial charge in [-0.15, -0.1) is 11.3 Å². The molecule has 1 saturated heterocycles. The number of hydrogen-bond acceptors (Lipinski definition) is 4. The molecule has 1 aliphatic heterocycles. The zero-order valence-corrected chi connectivity index (χ0v) is 13.5. The number of piperidine rings is 1. The van der Waals surface area contributed by atoms with Gasteiger partial charge < -0.3 is 5.73 Å². The monoisotopic (exact) mass is 328 g/mol. The van der Waals surface area contributed by atoms with Crippen molar-refractivity contribution in [2.24, 2.45) is 17.1 Å². The van der Waals surface area contributed by atoms with Crippen LogP contribution in [0.5, 0.6) is 0 Å². The lowest BCUT2D eigenvalue weighted by molar-refractivity contribution is -0.130. The zero-order valence-electron chi connectivity index (χ0n) is 11.8. The lowest BCUT2D eigenvalue weighted by atomic mass is 9.75. The highest BCUT2D eigenvalue weighted by molar-refractivity contribution is 7.91. The van der Waals surface area contributed by atoms with E-state index in [0.29, 0.717) is 29.5 Å². The first-order valence-corrected chi connectivity index (χ1v) is 9.60. The van der Waals surface area contributed by atoms with Crippen LogP contribution >= 0.6 is 11.3 Å².